The van der Waals surface area contributed by atoms with Crippen molar-refractivity contribution in [1.82, 2.24) is 5.32 Å². The number of nitrogens with one attached hydrogen (secondary N) is 1. The summed E-state index contributed by atoms with van der Waals surface area (Å²) in [5, 5.41) is 2.70. The lowest BCUT2D eigenvalue weighted by atomic mass is 9.94. The minimum Gasteiger partial charge on any atom is -0.467 e. The zero-order valence-electron chi connectivity index (χ0n) is 28.9. The molecular formula is C35H39NO16. The Balaban J connectivity index is 1.58. The Morgan fingerprint density at radius 1 is 0.673 bits per heavy atom. The van der Waals surface area contributed by atoms with E-state index in [1.54, 1.807) is 48.5 Å². The van der Waals surface area contributed by atoms with Crippen molar-refractivity contribution in [1.29, 1.82) is 0 Å². The van der Waals surface area contributed by atoms with E-state index in [1.807, 2.05) is 0 Å². The van der Waals surface area contributed by atoms with E-state index in [4.69, 9.17) is 47.4 Å². The van der Waals surface area contributed by atoms with Crippen molar-refractivity contribution >= 4 is 35.8 Å². The van der Waals surface area contributed by atoms with E-state index in [-0.39, 0.29) is 12.2 Å². The fraction of sp³-hybridized carbons (Fsp3) is 0.486. The molecule has 3 aliphatic rings. The fourth-order valence-corrected chi connectivity index (χ4v) is 6.09. The van der Waals surface area contributed by atoms with Gasteiger partial charge in [-0.05, 0) is 12.1 Å². The van der Waals surface area contributed by atoms with Crippen molar-refractivity contribution in [2.75, 3.05) is 13.7 Å². The summed E-state index contributed by atoms with van der Waals surface area (Å²) in [4.78, 5) is 76.1. The summed E-state index contributed by atoms with van der Waals surface area (Å²) in [6, 6.07) is 15.6. The number of rotatable bonds is 10. The van der Waals surface area contributed by atoms with Gasteiger partial charge in [0.1, 0.15) is 24.4 Å². The minimum atomic E-state index is -1.80. The molecule has 5 rings (SSSR count). The van der Waals surface area contributed by atoms with Crippen LogP contribution in [0.1, 0.15) is 49.9 Å². The van der Waals surface area contributed by atoms with Crippen LogP contribution < -0.4 is 5.32 Å². The van der Waals surface area contributed by atoms with Gasteiger partial charge in [-0.25, -0.2) is 9.59 Å². The first kappa shape index (κ1) is 38.3. The number of benzene rings is 2. The molecule has 2 aromatic rings. The van der Waals surface area contributed by atoms with Crippen LogP contribution in [0, 0.1) is 0 Å². The summed E-state index contributed by atoms with van der Waals surface area (Å²) in [5.41, 5.74) is 0.810. The van der Waals surface area contributed by atoms with E-state index in [0.717, 1.165) is 27.9 Å². The Hall–Kier alpha value is -4.94. The highest BCUT2D eigenvalue weighted by atomic mass is 16.8. The number of esters is 5. The molecule has 3 aliphatic heterocycles. The molecule has 0 unspecified atom stereocenters. The summed E-state index contributed by atoms with van der Waals surface area (Å²) in [6.07, 6.45) is -14.5. The normalized spacial score (nSPS) is 31.1. The highest BCUT2D eigenvalue weighted by Gasteiger charge is 2.59. The first-order valence-corrected chi connectivity index (χ1v) is 16.3. The number of hydrogen-bond donors (Lipinski definition) is 1. The summed E-state index contributed by atoms with van der Waals surface area (Å²) in [6.45, 7) is 4.26. The van der Waals surface area contributed by atoms with Crippen molar-refractivity contribution in [2.45, 2.75) is 95.3 Å². The van der Waals surface area contributed by atoms with Gasteiger partial charge in [-0.15, -0.1) is 0 Å². The maximum absolute atomic E-state index is 13.3. The highest BCUT2D eigenvalue weighted by molar-refractivity contribution is 5.89. The second-order valence-electron chi connectivity index (χ2n) is 12.0. The van der Waals surface area contributed by atoms with Gasteiger partial charge in [-0.2, -0.15) is 0 Å². The van der Waals surface area contributed by atoms with Gasteiger partial charge in [-0.3, -0.25) is 19.2 Å². The molecule has 0 aromatic heterocycles. The number of fused-ring (bicyclic) bond motifs is 1. The lowest BCUT2D eigenvalue weighted by Gasteiger charge is -2.51. The smallest absolute Gasteiger partial charge is 0.340 e. The number of hydrogen-bond acceptors (Lipinski definition) is 16. The lowest BCUT2D eigenvalue weighted by Crippen LogP contribution is -2.70. The molecule has 2 aromatic carbocycles. The molecule has 17 heteroatoms. The van der Waals surface area contributed by atoms with E-state index in [0.29, 0.717) is 5.56 Å². The van der Waals surface area contributed by atoms with E-state index >= 15 is 0 Å². The Kier molecular flexibility index (Phi) is 12.6. The zero-order valence-corrected chi connectivity index (χ0v) is 28.9. The van der Waals surface area contributed by atoms with Crippen molar-refractivity contribution in [3.8, 4) is 0 Å². The molecule has 1 amide bonds. The van der Waals surface area contributed by atoms with Crippen LogP contribution in [0.3, 0.4) is 0 Å². The maximum atomic E-state index is 13.3. The number of amides is 1. The molecule has 52 heavy (non-hydrogen) atoms. The van der Waals surface area contributed by atoms with Gasteiger partial charge < -0.3 is 52.7 Å². The summed E-state index contributed by atoms with van der Waals surface area (Å²) in [5.74, 6) is -5.10. The number of ether oxygens (including phenoxy) is 10. The number of carbonyl (C=O) groups is 6. The second kappa shape index (κ2) is 17.1. The van der Waals surface area contributed by atoms with Crippen LogP contribution in [-0.4, -0.2) is 111 Å². The third kappa shape index (κ3) is 9.10. The van der Waals surface area contributed by atoms with Gasteiger partial charge in [0.05, 0.1) is 19.3 Å². The van der Waals surface area contributed by atoms with Crippen LogP contribution in [0.5, 0.6) is 0 Å². The standard InChI is InChI=1S/C35H39NO16/c1-17(37)36-24-26(50-35-30(47-20(4)40)28(46-19(3)39)27(45-18(2)38)29(51-35)32(42)43-5)25-23(16-44-33(49-25)22-14-10-7-11-15-22)48-34(24)52-31(41)21-12-8-6-9-13-21/h6-15,23-30,33-35H,16H2,1-5H3,(H,36,37)/t23-,24-,25-,26-,27+,28+,29+,30-,33-,34+,35-/m1/s1. The lowest BCUT2D eigenvalue weighted by molar-refractivity contribution is -0.371. The zero-order chi connectivity index (χ0) is 37.5. The summed E-state index contributed by atoms with van der Waals surface area (Å²) in [7, 11) is 1.05. The Morgan fingerprint density at radius 2 is 1.27 bits per heavy atom. The molecule has 3 fully saturated rings. The predicted octanol–water partition coefficient (Wildman–Crippen LogP) is 1.27. The van der Waals surface area contributed by atoms with Crippen LogP contribution in [0.15, 0.2) is 60.7 Å². The van der Waals surface area contributed by atoms with Crippen molar-refractivity contribution in [3.05, 3.63) is 71.8 Å². The van der Waals surface area contributed by atoms with E-state index in [1.165, 1.54) is 19.1 Å². The number of carbonyl (C=O) groups excluding carboxylic acids is 6. The van der Waals surface area contributed by atoms with Gasteiger partial charge in [0, 0.05) is 33.3 Å². The van der Waals surface area contributed by atoms with Gasteiger partial charge in [0.25, 0.3) is 0 Å². The van der Waals surface area contributed by atoms with Crippen LogP contribution in [0.25, 0.3) is 0 Å². The largest absolute Gasteiger partial charge is 0.467 e. The van der Waals surface area contributed by atoms with E-state index in [9.17, 15) is 28.8 Å². The molecule has 1 N–H and O–H groups in total. The average Bonchev–Trinajstić information content (AvgIpc) is 3.11. The molecule has 17 nitrogen and oxygen atoms in total. The third-order valence-electron chi connectivity index (χ3n) is 8.14. The van der Waals surface area contributed by atoms with Crippen LogP contribution in [0.2, 0.25) is 0 Å². The summed E-state index contributed by atoms with van der Waals surface area (Å²) < 4.78 is 58.1. The first-order chi connectivity index (χ1) is 24.9. The van der Waals surface area contributed by atoms with Crippen molar-refractivity contribution in [3.63, 3.8) is 0 Å². The Morgan fingerprint density at radius 3 is 1.87 bits per heavy atom. The van der Waals surface area contributed by atoms with Crippen molar-refractivity contribution in [2.24, 2.45) is 0 Å². The topological polar surface area (TPSA) is 207 Å². The summed E-state index contributed by atoms with van der Waals surface area (Å²) >= 11 is 0. The third-order valence-corrected chi connectivity index (χ3v) is 8.14. The molecule has 11 atom stereocenters. The van der Waals surface area contributed by atoms with Crippen LogP contribution in [0.4, 0.5) is 0 Å². The van der Waals surface area contributed by atoms with Crippen molar-refractivity contribution < 1.29 is 76.1 Å². The molecule has 280 valence electrons. The molecule has 3 saturated heterocycles. The molecule has 3 heterocycles. The minimum absolute atomic E-state index is 0.107. The van der Waals surface area contributed by atoms with E-state index in [2.05, 4.69) is 5.32 Å². The average molecular weight is 730 g/mol. The maximum Gasteiger partial charge on any atom is 0.340 e. The molecular weight excluding hydrogens is 690 g/mol. The van der Waals surface area contributed by atoms with E-state index < -0.39 is 103 Å². The van der Waals surface area contributed by atoms with Gasteiger partial charge in [-0.1, -0.05) is 48.5 Å². The quantitative estimate of drug-likeness (QED) is 0.270. The van der Waals surface area contributed by atoms with Gasteiger partial charge in [0.2, 0.25) is 12.2 Å². The molecule has 0 radical (unpaired) electrons. The highest BCUT2D eigenvalue weighted by Crippen LogP contribution is 2.39. The predicted molar refractivity (Wildman–Crippen MR) is 170 cm³/mol. The Labute approximate surface area is 298 Å². The SMILES string of the molecule is COC(=O)[C@H]1O[C@@H](O[C@@H]2[C@@H](NC(C)=O)[C@H](OC(=O)c3ccccc3)O[C@@H]3CO[C@@H](c4ccccc4)O[C@@H]23)[C@H](OC(C)=O)[C@@H](OC(C)=O)[C@@H]1OC(C)=O. The fourth-order valence-electron chi connectivity index (χ4n) is 6.09. The monoisotopic (exact) mass is 729 g/mol. The Bertz CT molecular complexity index is 1600. The van der Waals surface area contributed by atoms with Crippen LogP contribution >= 0.6 is 0 Å². The second-order valence-corrected chi connectivity index (χ2v) is 12.0. The molecule has 0 bridgehead atoms. The molecule has 0 spiro atoms. The molecule has 0 aliphatic carbocycles. The van der Waals surface area contributed by atoms with Gasteiger partial charge in [0.15, 0.2) is 37.0 Å². The molecule has 0 saturated carbocycles. The van der Waals surface area contributed by atoms with Gasteiger partial charge >= 0.3 is 29.8 Å². The van der Waals surface area contributed by atoms with Crippen LogP contribution in [-0.2, 0) is 71.3 Å². The number of methoxy groups -OCH3 is 1. The first-order valence-electron chi connectivity index (χ1n) is 16.3.